The number of quaternary nitrogens is 1. The molecule has 2 aromatic carbocycles. The summed E-state index contributed by atoms with van der Waals surface area (Å²) in [6.45, 7) is 0.209. The summed E-state index contributed by atoms with van der Waals surface area (Å²) < 4.78 is 1.26. The number of carbonyl (C=O) groups is 2. The number of aliphatic imine (C=N–C) groups is 1. The molecule has 0 spiro atoms. The third kappa shape index (κ3) is 4.20. The molecule has 0 saturated carbocycles. The molecule has 0 bridgehead atoms. The van der Waals surface area contributed by atoms with E-state index in [-0.39, 0.29) is 17.3 Å². The molecule has 1 fully saturated rings. The van der Waals surface area contributed by atoms with E-state index in [1.165, 1.54) is 16.4 Å². The van der Waals surface area contributed by atoms with E-state index < -0.39 is 17.0 Å². The second-order valence-corrected chi connectivity index (χ2v) is 7.00. The van der Waals surface area contributed by atoms with Crippen LogP contribution in [0, 0.1) is 5.21 Å². The van der Waals surface area contributed by atoms with E-state index in [4.69, 9.17) is 23.2 Å². The highest BCUT2D eigenvalue weighted by Gasteiger charge is 2.38. The van der Waals surface area contributed by atoms with Gasteiger partial charge in [-0.3, -0.25) is 4.79 Å². The minimum absolute atomic E-state index is 0.140. The minimum Gasteiger partial charge on any atom is -0.618 e. The Hall–Kier alpha value is -1.90. The number of urea groups is 1. The Morgan fingerprint density at radius 2 is 1.64 bits per heavy atom. The van der Waals surface area contributed by atoms with Crippen LogP contribution >= 0.6 is 35.1 Å². The minimum atomic E-state index is -0.790. The summed E-state index contributed by atoms with van der Waals surface area (Å²) in [4.78, 5) is 28.0. The summed E-state index contributed by atoms with van der Waals surface area (Å²) in [6, 6.07) is 12.3. The van der Waals surface area contributed by atoms with Gasteiger partial charge in [0.25, 0.3) is 11.1 Å². The molecule has 9 heteroatoms. The molecule has 1 atom stereocenters. The molecular weight excluding hydrogens is 385 g/mol. The van der Waals surface area contributed by atoms with Crippen LogP contribution in [0.25, 0.3) is 0 Å². The van der Waals surface area contributed by atoms with Crippen LogP contribution in [-0.2, 0) is 6.54 Å². The molecule has 6 nitrogen and oxygen atoms in total. The first kappa shape index (κ1) is 17.9. The van der Waals surface area contributed by atoms with Crippen molar-refractivity contribution in [2.45, 2.75) is 6.54 Å². The Kier molecular flexibility index (Phi) is 5.41. The Bertz CT molecular complexity index is 841. The van der Waals surface area contributed by atoms with Crippen LogP contribution < -0.4 is 5.06 Å². The number of hydrogen-bond donors (Lipinski definition) is 1. The van der Waals surface area contributed by atoms with Gasteiger partial charge in [0.2, 0.25) is 0 Å². The number of amides is 3. The maximum atomic E-state index is 12.1. The maximum absolute atomic E-state index is 12.1. The molecule has 3 amide bonds. The second kappa shape index (κ2) is 7.55. The van der Waals surface area contributed by atoms with Gasteiger partial charge >= 0.3 is 6.03 Å². The van der Waals surface area contributed by atoms with Crippen LogP contribution in [0.5, 0.6) is 0 Å². The van der Waals surface area contributed by atoms with E-state index in [0.717, 1.165) is 17.5 Å². The van der Waals surface area contributed by atoms with Gasteiger partial charge in [0.1, 0.15) is 0 Å². The third-order valence-electron chi connectivity index (χ3n) is 3.35. The zero-order valence-electron chi connectivity index (χ0n) is 12.6. The van der Waals surface area contributed by atoms with Crippen molar-refractivity contribution in [2.24, 2.45) is 4.99 Å². The van der Waals surface area contributed by atoms with E-state index >= 15 is 0 Å². The number of halogens is 2. The number of benzene rings is 2. The molecule has 1 saturated heterocycles. The summed E-state index contributed by atoms with van der Waals surface area (Å²) in [7, 11) is 0. The summed E-state index contributed by atoms with van der Waals surface area (Å²) in [6.07, 6.45) is 0. The van der Waals surface area contributed by atoms with Crippen molar-refractivity contribution in [1.82, 2.24) is 4.31 Å². The van der Waals surface area contributed by atoms with Gasteiger partial charge in [0, 0.05) is 15.6 Å². The molecule has 3 rings (SSSR count). The molecule has 1 aliphatic heterocycles. The first-order valence-electron chi connectivity index (χ1n) is 7.11. The van der Waals surface area contributed by atoms with E-state index in [0.29, 0.717) is 10.0 Å². The number of nitrogens with one attached hydrogen (secondary N) is 1. The largest absolute Gasteiger partial charge is 0.618 e. The number of amidine groups is 1. The number of carbonyl (C=O) groups excluding carboxylic acids is 2. The predicted molar refractivity (Wildman–Crippen MR) is 97.5 cm³/mol. The number of nitrogens with zero attached hydrogens (tertiary/aromatic N) is 2. The fourth-order valence-corrected chi connectivity index (χ4v) is 3.21. The van der Waals surface area contributed by atoms with Crippen molar-refractivity contribution < 1.29 is 14.7 Å². The van der Waals surface area contributed by atoms with Crippen molar-refractivity contribution in [3.05, 3.63) is 74.9 Å². The number of hydroxylamine groups is 2. The predicted octanol–water partition coefficient (Wildman–Crippen LogP) is 3.16. The monoisotopic (exact) mass is 395 g/mol. The van der Waals surface area contributed by atoms with Crippen LogP contribution in [-0.4, -0.2) is 21.4 Å². The lowest BCUT2D eigenvalue weighted by Gasteiger charge is -2.12. The number of hydrogen-bond acceptors (Lipinski definition) is 4. The van der Waals surface area contributed by atoms with Gasteiger partial charge in [-0.15, -0.1) is 4.99 Å². The average molecular weight is 396 g/mol. The van der Waals surface area contributed by atoms with Crippen molar-refractivity contribution in [2.75, 3.05) is 0 Å². The van der Waals surface area contributed by atoms with E-state index in [1.807, 2.05) is 0 Å². The zero-order chi connectivity index (χ0) is 18.0. The van der Waals surface area contributed by atoms with Gasteiger partial charge in [0.15, 0.2) is 0 Å². The van der Waals surface area contributed by atoms with Crippen LogP contribution in [0.2, 0.25) is 10.0 Å². The molecule has 1 unspecified atom stereocenters. The highest BCUT2D eigenvalue weighted by molar-refractivity contribution is 8.12. The molecule has 25 heavy (non-hydrogen) atoms. The lowest BCUT2D eigenvalue weighted by Crippen LogP contribution is -3.10. The van der Waals surface area contributed by atoms with Gasteiger partial charge in [-0.2, -0.15) is 0 Å². The van der Waals surface area contributed by atoms with Gasteiger partial charge in [-0.05, 0) is 42.0 Å². The topological polar surface area (TPSA) is 77.2 Å². The van der Waals surface area contributed by atoms with Crippen LogP contribution in [0.4, 0.5) is 4.79 Å². The third-order valence-corrected chi connectivity index (χ3v) is 4.81. The average Bonchev–Trinajstić information content (AvgIpc) is 2.85. The summed E-state index contributed by atoms with van der Waals surface area (Å²) in [5, 5.41) is 12.2. The van der Waals surface area contributed by atoms with Gasteiger partial charge < -0.3 is 5.21 Å². The van der Waals surface area contributed by atoms with E-state index in [2.05, 4.69) is 4.99 Å². The fraction of sp³-hybridized carbons (Fsp3) is 0.0625. The molecule has 2 aromatic rings. The Morgan fingerprint density at radius 1 is 1.08 bits per heavy atom. The summed E-state index contributed by atoms with van der Waals surface area (Å²) >= 11 is 12.5. The maximum Gasteiger partial charge on any atom is 0.435 e. The van der Waals surface area contributed by atoms with Gasteiger partial charge in [0.05, 0.1) is 18.5 Å². The van der Waals surface area contributed by atoms with Gasteiger partial charge in [-0.1, -0.05) is 35.3 Å². The zero-order valence-corrected chi connectivity index (χ0v) is 14.9. The SMILES string of the molecule is O=C(N=C1SN(Cc2ccc(Cl)cc2)C(=O)[NH+]1[O-])c1ccc(Cl)cc1. The van der Waals surface area contributed by atoms with E-state index in [1.54, 1.807) is 36.4 Å². The van der Waals surface area contributed by atoms with E-state index in [9.17, 15) is 14.8 Å². The number of rotatable bonds is 3. The van der Waals surface area contributed by atoms with Crippen molar-refractivity contribution in [3.63, 3.8) is 0 Å². The van der Waals surface area contributed by atoms with Crippen molar-refractivity contribution >= 4 is 52.3 Å². The molecule has 0 aliphatic carbocycles. The highest BCUT2D eigenvalue weighted by Crippen LogP contribution is 2.20. The molecule has 1 aliphatic rings. The second-order valence-electron chi connectivity index (χ2n) is 5.12. The quantitative estimate of drug-likeness (QED) is 0.639. The molecule has 128 valence electrons. The lowest BCUT2D eigenvalue weighted by molar-refractivity contribution is -0.645. The Labute approximate surface area is 157 Å². The highest BCUT2D eigenvalue weighted by atomic mass is 35.5. The summed E-state index contributed by atoms with van der Waals surface area (Å²) in [5.41, 5.74) is 1.09. The first-order valence-corrected chi connectivity index (χ1v) is 8.64. The van der Waals surface area contributed by atoms with Crippen LogP contribution in [0.3, 0.4) is 0 Å². The van der Waals surface area contributed by atoms with Gasteiger partial charge in [-0.25, -0.2) is 14.2 Å². The fourth-order valence-electron chi connectivity index (χ4n) is 2.07. The molecule has 0 aromatic heterocycles. The van der Waals surface area contributed by atoms with Crippen LogP contribution in [0.1, 0.15) is 15.9 Å². The summed E-state index contributed by atoms with van der Waals surface area (Å²) in [5.74, 6) is -0.603. The van der Waals surface area contributed by atoms with Crippen LogP contribution in [0.15, 0.2) is 53.5 Å². The standard InChI is InChI=1S/C16H11Cl2N3O3S/c17-12-5-1-10(2-6-12)9-20-16(23)21(24)15(25-20)19-14(22)11-3-7-13(18)8-4-11/h1-8,21H,9H2. The molecule has 1 N–H and O–H groups in total. The first-order chi connectivity index (χ1) is 11.9. The van der Waals surface area contributed by atoms with Crippen molar-refractivity contribution in [3.8, 4) is 0 Å². The molecular formula is C16H11Cl2N3O3S. The van der Waals surface area contributed by atoms with Crippen molar-refractivity contribution in [1.29, 1.82) is 0 Å². The molecule has 0 radical (unpaired) electrons. The lowest BCUT2D eigenvalue weighted by atomic mass is 10.2. The molecule has 1 heterocycles. The normalized spacial score (nSPS) is 18.8. The Morgan fingerprint density at radius 3 is 2.24 bits per heavy atom. The smallest absolute Gasteiger partial charge is 0.435 e. The Balaban J connectivity index is 1.74.